The van der Waals surface area contributed by atoms with Gasteiger partial charge >= 0.3 is 0 Å². The van der Waals surface area contributed by atoms with Crippen LogP contribution in [0.3, 0.4) is 0 Å². The fourth-order valence-corrected chi connectivity index (χ4v) is 3.52. The van der Waals surface area contributed by atoms with E-state index in [0.717, 1.165) is 25.7 Å². The van der Waals surface area contributed by atoms with E-state index in [0.29, 0.717) is 12.0 Å². The highest BCUT2D eigenvalue weighted by Crippen LogP contribution is 2.37. The van der Waals surface area contributed by atoms with Crippen LogP contribution in [0.4, 0.5) is 0 Å². The summed E-state index contributed by atoms with van der Waals surface area (Å²) < 4.78 is 5.68. The Hall–Kier alpha value is -0.860. The molecule has 2 aliphatic rings. The van der Waals surface area contributed by atoms with Gasteiger partial charge in [-0.3, -0.25) is 0 Å². The summed E-state index contributed by atoms with van der Waals surface area (Å²) in [5.41, 5.74) is 2.97. The van der Waals surface area contributed by atoms with Gasteiger partial charge in [-0.05, 0) is 49.3 Å². The Labute approximate surface area is 122 Å². The maximum absolute atomic E-state index is 5.68. The summed E-state index contributed by atoms with van der Waals surface area (Å²) in [4.78, 5) is 0. The Morgan fingerprint density at radius 1 is 1.15 bits per heavy atom. The molecule has 0 amide bonds. The van der Waals surface area contributed by atoms with Crippen LogP contribution in [-0.2, 0) is 4.74 Å². The molecule has 20 heavy (non-hydrogen) atoms. The van der Waals surface area contributed by atoms with Crippen molar-refractivity contribution < 1.29 is 4.74 Å². The number of hydrogen-bond acceptors (Lipinski definition) is 2. The summed E-state index contributed by atoms with van der Waals surface area (Å²) in [6, 6.07) is 9.85. The lowest BCUT2D eigenvalue weighted by atomic mass is 9.79. The second kappa shape index (κ2) is 6.73. The molecule has 1 aliphatic heterocycles. The highest BCUT2D eigenvalue weighted by Gasteiger charge is 2.25. The molecule has 110 valence electrons. The molecule has 0 aromatic heterocycles. The van der Waals surface area contributed by atoms with E-state index in [-0.39, 0.29) is 0 Å². The monoisotopic (exact) mass is 273 g/mol. The van der Waals surface area contributed by atoms with E-state index in [9.17, 15) is 0 Å². The normalized spacial score (nSPS) is 25.1. The topological polar surface area (TPSA) is 21.3 Å². The maximum atomic E-state index is 5.68. The molecule has 0 bridgehead atoms. The minimum atomic E-state index is 0.454. The molecule has 2 atom stereocenters. The quantitative estimate of drug-likeness (QED) is 0.874. The summed E-state index contributed by atoms with van der Waals surface area (Å²) >= 11 is 0. The van der Waals surface area contributed by atoms with Crippen molar-refractivity contribution in [2.75, 3.05) is 19.8 Å². The van der Waals surface area contributed by atoms with E-state index < -0.39 is 0 Å². The van der Waals surface area contributed by atoms with Gasteiger partial charge in [-0.25, -0.2) is 0 Å². The first-order chi connectivity index (χ1) is 9.88. The Morgan fingerprint density at radius 3 is 2.50 bits per heavy atom. The first kappa shape index (κ1) is 14.1. The molecule has 1 saturated heterocycles. The molecule has 1 aromatic carbocycles. The van der Waals surface area contributed by atoms with Crippen LogP contribution in [0.15, 0.2) is 24.3 Å². The largest absolute Gasteiger partial charge is 0.381 e. The average molecular weight is 273 g/mol. The van der Waals surface area contributed by atoms with Gasteiger partial charge in [0.05, 0.1) is 6.61 Å². The van der Waals surface area contributed by atoms with Crippen molar-refractivity contribution in [3.8, 4) is 0 Å². The highest BCUT2D eigenvalue weighted by molar-refractivity contribution is 5.29. The zero-order chi connectivity index (χ0) is 13.8. The summed E-state index contributed by atoms with van der Waals surface area (Å²) in [5, 5.41) is 3.67. The lowest BCUT2D eigenvalue weighted by Crippen LogP contribution is -2.33. The third kappa shape index (κ3) is 3.07. The number of hydrogen-bond donors (Lipinski definition) is 1. The van der Waals surface area contributed by atoms with Crippen LogP contribution in [0, 0.1) is 5.92 Å². The minimum Gasteiger partial charge on any atom is -0.381 e. The smallest absolute Gasteiger partial charge is 0.0512 e. The number of rotatable bonds is 5. The molecule has 0 spiro atoms. The number of nitrogens with one attached hydrogen (secondary N) is 1. The third-order valence-electron chi connectivity index (χ3n) is 4.96. The first-order valence-electron chi connectivity index (χ1n) is 8.29. The lowest BCUT2D eigenvalue weighted by molar-refractivity contribution is 0.0393. The second-order valence-electron chi connectivity index (χ2n) is 6.31. The van der Waals surface area contributed by atoms with Crippen molar-refractivity contribution in [3.05, 3.63) is 35.4 Å². The molecule has 1 heterocycles. The van der Waals surface area contributed by atoms with Gasteiger partial charge in [-0.2, -0.15) is 0 Å². The average Bonchev–Trinajstić information content (AvgIpc) is 2.45. The fourth-order valence-electron chi connectivity index (χ4n) is 3.52. The zero-order valence-corrected chi connectivity index (χ0v) is 12.6. The molecule has 3 rings (SSSR count). The zero-order valence-electron chi connectivity index (χ0n) is 12.6. The van der Waals surface area contributed by atoms with Crippen LogP contribution < -0.4 is 5.32 Å². The van der Waals surface area contributed by atoms with Crippen LogP contribution in [0.5, 0.6) is 0 Å². The minimum absolute atomic E-state index is 0.454. The molecule has 1 N–H and O–H groups in total. The van der Waals surface area contributed by atoms with Crippen molar-refractivity contribution in [1.29, 1.82) is 0 Å². The summed E-state index contributed by atoms with van der Waals surface area (Å²) in [5.74, 6) is 1.46. The van der Waals surface area contributed by atoms with E-state index in [1.807, 2.05) is 0 Å². The van der Waals surface area contributed by atoms with Gasteiger partial charge < -0.3 is 10.1 Å². The predicted octanol–water partition coefficient (Wildman–Crippen LogP) is 4.03. The van der Waals surface area contributed by atoms with E-state index >= 15 is 0 Å². The van der Waals surface area contributed by atoms with E-state index in [1.165, 1.54) is 43.2 Å². The Bertz CT molecular complexity index is 404. The van der Waals surface area contributed by atoms with Crippen molar-refractivity contribution in [1.82, 2.24) is 5.32 Å². The van der Waals surface area contributed by atoms with E-state index in [4.69, 9.17) is 4.74 Å². The van der Waals surface area contributed by atoms with Crippen molar-refractivity contribution in [2.24, 2.45) is 5.92 Å². The van der Waals surface area contributed by atoms with Gasteiger partial charge in [0.2, 0.25) is 0 Å². The van der Waals surface area contributed by atoms with Crippen molar-refractivity contribution >= 4 is 0 Å². The van der Waals surface area contributed by atoms with Crippen molar-refractivity contribution in [2.45, 2.75) is 51.0 Å². The van der Waals surface area contributed by atoms with Gasteiger partial charge in [0, 0.05) is 18.6 Å². The number of ether oxygens (including phenoxy) is 1. The van der Waals surface area contributed by atoms with Crippen LogP contribution in [0.1, 0.15) is 62.1 Å². The standard InChI is InChI=1S/C18H27NO/c1-2-19-18(17-7-4-12-20-13-17)16-10-8-15(9-11-16)14-5-3-6-14/h8-11,14,17-19H,2-7,12-13H2,1H3. The van der Waals surface area contributed by atoms with Crippen LogP contribution in [0.25, 0.3) is 0 Å². The van der Waals surface area contributed by atoms with Crippen molar-refractivity contribution in [3.63, 3.8) is 0 Å². The summed E-state index contributed by atoms with van der Waals surface area (Å²) in [6.07, 6.45) is 6.65. The maximum Gasteiger partial charge on any atom is 0.0512 e. The summed E-state index contributed by atoms with van der Waals surface area (Å²) in [6.45, 7) is 5.06. The molecule has 2 nitrogen and oxygen atoms in total. The second-order valence-corrected chi connectivity index (χ2v) is 6.31. The highest BCUT2D eigenvalue weighted by atomic mass is 16.5. The van der Waals surface area contributed by atoms with E-state index in [1.54, 1.807) is 0 Å². The van der Waals surface area contributed by atoms with Gasteiger partial charge in [0.25, 0.3) is 0 Å². The molecule has 1 aliphatic carbocycles. The fraction of sp³-hybridized carbons (Fsp3) is 0.667. The Morgan fingerprint density at radius 2 is 1.95 bits per heavy atom. The molecule has 1 saturated carbocycles. The first-order valence-corrected chi connectivity index (χ1v) is 8.29. The molecular formula is C18H27NO. The van der Waals surface area contributed by atoms with E-state index in [2.05, 4.69) is 36.5 Å². The molecular weight excluding hydrogens is 246 g/mol. The SMILES string of the molecule is CCNC(c1ccc(C2CCC2)cc1)C1CCCOC1. The molecule has 0 radical (unpaired) electrons. The molecule has 2 fully saturated rings. The van der Waals surface area contributed by atoms with Gasteiger partial charge in [0.1, 0.15) is 0 Å². The lowest BCUT2D eigenvalue weighted by Gasteiger charge is -2.32. The Kier molecular flexibility index (Phi) is 4.74. The molecule has 2 unspecified atom stereocenters. The Balaban J connectivity index is 1.72. The van der Waals surface area contributed by atoms with Gasteiger partial charge in [-0.15, -0.1) is 0 Å². The predicted molar refractivity (Wildman–Crippen MR) is 83.0 cm³/mol. The van der Waals surface area contributed by atoms with Gasteiger partial charge in [-0.1, -0.05) is 37.6 Å². The molecule has 1 aromatic rings. The molecule has 2 heteroatoms. The van der Waals surface area contributed by atoms with Crippen LogP contribution >= 0.6 is 0 Å². The van der Waals surface area contributed by atoms with Crippen LogP contribution in [-0.4, -0.2) is 19.8 Å². The van der Waals surface area contributed by atoms with Gasteiger partial charge in [0.15, 0.2) is 0 Å². The summed E-state index contributed by atoms with van der Waals surface area (Å²) in [7, 11) is 0. The number of benzene rings is 1. The third-order valence-corrected chi connectivity index (χ3v) is 4.96. The van der Waals surface area contributed by atoms with Crippen LogP contribution in [0.2, 0.25) is 0 Å².